The summed E-state index contributed by atoms with van der Waals surface area (Å²) in [7, 11) is 0. The van der Waals surface area contributed by atoms with Crippen LogP contribution in [0.4, 0.5) is 5.82 Å². The van der Waals surface area contributed by atoms with Gasteiger partial charge in [0.1, 0.15) is 13.1 Å². The van der Waals surface area contributed by atoms with Gasteiger partial charge in [0.15, 0.2) is 0 Å². The Kier molecular flexibility index (Phi) is 5.25. The summed E-state index contributed by atoms with van der Waals surface area (Å²) in [4.78, 5) is 19.9. The molecular weight excluding hydrogens is 286 g/mol. The predicted molar refractivity (Wildman–Crippen MR) is 91.2 cm³/mol. The number of carbonyl (C=O) groups excluding carboxylic acids is 1. The summed E-state index contributed by atoms with van der Waals surface area (Å²) >= 11 is 0. The number of aromatic amines is 1. The number of benzene rings is 1. The second-order valence-corrected chi connectivity index (χ2v) is 5.95. The lowest BCUT2D eigenvalue weighted by atomic mass is 10.1. The second-order valence-electron chi connectivity index (χ2n) is 5.95. The molecule has 1 aromatic carbocycles. The lowest BCUT2D eigenvalue weighted by molar-refractivity contribution is -0.364. The Morgan fingerprint density at radius 3 is 2.39 bits per heavy atom. The fourth-order valence-electron chi connectivity index (χ4n) is 3.02. The van der Waals surface area contributed by atoms with E-state index in [4.69, 9.17) is 0 Å². The number of amides is 1. The lowest BCUT2D eigenvalue weighted by Gasteiger charge is -2.31. The molecule has 0 unspecified atom stereocenters. The third kappa shape index (κ3) is 4.31. The molecule has 4 nitrogen and oxygen atoms in total. The van der Waals surface area contributed by atoms with Crippen molar-refractivity contribution in [2.75, 3.05) is 31.1 Å². The Labute approximate surface area is 137 Å². The van der Waals surface area contributed by atoms with Crippen LogP contribution in [0, 0.1) is 0 Å². The molecule has 23 heavy (non-hydrogen) atoms. The topological polar surface area (TPSA) is 37.7 Å². The number of carbonyl (C=O) groups is 1. The number of aromatic nitrogens is 1. The van der Waals surface area contributed by atoms with Crippen LogP contribution in [0.1, 0.15) is 18.4 Å². The molecule has 3 rings (SSSR count). The van der Waals surface area contributed by atoms with Crippen LogP contribution in [-0.4, -0.2) is 37.0 Å². The van der Waals surface area contributed by atoms with Gasteiger partial charge in [0, 0.05) is 12.5 Å². The van der Waals surface area contributed by atoms with Crippen LogP contribution in [0.15, 0.2) is 54.7 Å². The minimum absolute atomic E-state index is 0.289. The summed E-state index contributed by atoms with van der Waals surface area (Å²) in [5.41, 5.74) is 1.31. The van der Waals surface area contributed by atoms with E-state index in [0.717, 1.165) is 44.8 Å². The second kappa shape index (κ2) is 7.77. The average molecular weight is 310 g/mol. The van der Waals surface area contributed by atoms with E-state index in [1.54, 1.807) is 0 Å². The van der Waals surface area contributed by atoms with Crippen molar-refractivity contribution in [3.05, 3.63) is 60.3 Å². The van der Waals surface area contributed by atoms with Crippen molar-refractivity contribution in [3.8, 4) is 0 Å². The monoisotopic (exact) mass is 310 g/mol. The van der Waals surface area contributed by atoms with E-state index in [-0.39, 0.29) is 5.91 Å². The molecule has 0 spiro atoms. The van der Waals surface area contributed by atoms with Gasteiger partial charge in [0.2, 0.25) is 5.91 Å². The zero-order valence-electron chi connectivity index (χ0n) is 13.4. The molecule has 0 radical (unpaired) electrons. The maximum Gasteiger partial charge on any atom is 0.274 e. The highest BCUT2D eigenvalue weighted by molar-refractivity contribution is 5.76. The summed E-state index contributed by atoms with van der Waals surface area (Å²) in [6.45, 7) is 3.41. The Hall–Kier alpha value is -2.36. The number of rotatable bonds is 5. The van der Waals surface area contributed by atoms with E-state index in [9.17, 15) is 4.79 Å². The largest absolute Gasteiger partial charge is 0.335 e. The Balaban J connectivity index is 1.41. The summed E-state index contributed by atoms with van der Waals surface area (Å²) in [6, 6.07) is 16.5. The molecule has 1 N–H and O–H groups in total. The van der Waals surface area contributed by atoms with Gasteiger partial charge in [0.25, 0.3) is 5.82 Å². The zero-order valence-corrected chi connectivity index (χ0v) is 13.4. The lowest BCUT2D eigenvalue weighted by Crippen LogP contribution is -2.50. The van der Waals surface area contributed by atoms with Crippen molar-refractivity contribution in [3.63, 3.8) is 0 Å². The molecule has 1 amide bonds. The normalized spacial score (nSPS) is 14.8. The maximum atomic E-state index is 12.3. The summed E-state index contributed by atoms with van der Waals surface area (Å²) < 4.78 is 0. The van der Waals surface area contributed by atoms with Gasteiger partial charge in [-0.2, -0.15) is 0 Å². The van der Waals surface area contributed by atoms with E-state index in [1.807, 2.05) is 29.3 Å². The van der Waals surface area contributed by atoms with Crippen LogP contribution in [-0.2, 0) is 11.2 Å². The first-order valence-electron chi connectivity index (χ1n) is 8.36. The summed E-state index contributed by atoms with van der Waals surface area (Å²) in [5, 5.41) is 0. The number of H-pyrrole nitrogens is 1. The highest BCUT2D eigenvalue weighted by Gasteiger charge is 2.25. The molecule has 0 atom stereocenters. The number of hydrogen-bond acceptors (Lipinski definition) is 2. The highest BCUT2D eigenvalue weighted by Crippen LogP contribution is 2.12. The first-order valence-corrected chi connectivity index (χ1v) is 8.36. The number of hydrogen-bond donors (Lipinski definition) is 0. The minimum Gasteiger partial charge on any atom is -0.335 e. The predicted octanol–water partition coefficient (Wildman–Crippen LogP) is 2.17. The summed E-state index contributed by atoms with van der Waals surface area (Å²) in [6.07, 6.45) is 4.49. The molecule has 120 valence electrons. The van der Waals surface area contributed by atoms with Crippen molar-refractivity contribution < 1.29 is 9.78 Å². The van der Waals surface area contributed by atoms with Gasteiger partial charge in [-0.1, -0.05) is 36.4 Å². The SMILES string of the molecule is O=C(CCCc1ccccc1)N1CCN(c2cccc[nH+]2)CC1. The fraction of sp³-hybridized carbons (Fsp3) is 0.368. The van der Waals surface area contributed by atoms with Crippen molar-refractivity contribution >= 4 is 11.7 Å². The van der Waals surface area contributed by atoms with E-state index < -0.39 is 0 Å². The Morgan fingerprint density at radius 1 is 0.957 bits per heavy atom. The van der Waals surface area contributed by atoms with Crippen LogP contribution in [0.3, 0.4) is 0 Å². The van der Waals surface area contributed by atoms with Crippen molar-refractivity contribution in [2.45, 2.75) is 19.3 Å². The first-order chi connectivity index (χ1) is 11.3. The first kappa shape index (κ1) is 15.5. The highest BCUT2D eigenvalue weighted by atomic mass is 16.2. The van der Waals surface area contributed by atoms with E-state index in [1.165, 1.54) is 5.56 Å². The van der Waals surface area contributed by atoms with Crippen molar-refractivity contribution in [1.82, 2.24) is 4.90 Å². The number of aryl methyl sites for hydroxylation is 1. The van der Waals surface area contributed by atoms with Crippen LogP contribution >= 0.6 is 0 Å². The molecule has 1 saturated heterocycles. The van der Waals surface area contributed by atoms with Crippen LogP contribution in [0.25, 0.3) is 0 Å². The van der Waals surface area contributed by atoms with Crippen LogP contribution in [0.2, 0.25) is 0 Å². The third-order valence-corrected chi connectivity index (χ3v) is 4.36. The molecule has 1 aromatic heterocycles. The standard InChI is InChI=1S/C19H23N3O/c23-19(11-6-9-17-7-2-1-3-8-17)22-15-13-21(14-16-22)18-10-4-5-12-20-18/h1-5,7-8,10,12H,6,9,11,13-16H2/p+1. The number of anilines is 1. The zero-order chi connectivity index (χ0) is 15.9. The van der Waals surface area contributed by atoms with Gasteiger partial charge >= 0.3 is 0 Å². The molecule has 1 fully saturated rings. The third-order valence-electron chi connectivity index (χ3n) is 4.36. The summed E-state index contributed by atoms with van der Waals surface area (Å²) in [5.74, 6) is 1.42. The van der Waals surface area contributed by atoms with Crippen LogP contribution < -0.4 is 9.88 Å². The van der Waals surface area contributed by atoms with Crippen molar-refractivity contribution in [1.29, 1.82) is 0 Å². The molecule has 0 bridgehead atoms. The molecule has 1 aliphatic rings. The molecule has 2 heterocycles. The number of nitrogens with zero attached hydrogens (tertiary/aromatic N) is 2. The molecule has 0 saturated carbocycles. The number of piperazine rings is 1. The fourth-order valence-corrected chi connectivity index (χ4v) is 3.02. The van der Waals surface area contributed by atoms with Gasteiger partial charge in [-0.25, -0.2) is 4.98 Å². The van der Waals surface area contributed by atoms with Gasteiger partial charge < -0.3 is 4.90 Å². The van der Waals surface area contributed by atoms with E-state index in [0.29, 0.717) is 6.42 Å². The maximum absolute atomic E-state index is 12.3. The molecule has 2 aromatic rings. The van der Waals surface area contributed by atoms with Gasteiger partial charge in [-0.05, 0) is 24.5 Å². The van der Waals surface area contributed by atoms with Gasteiger partial charge in [-0.15, -0.1) is 0 Å². The van der Waals surface area contributed by atoms with E-state index >= 15 is 0 Å². The van der Waals surface area contributed by atoms with E-state index in [2.05, 4.69) is 40.2 Å². The average Bonchev–Trinajstić information content (AvgIpc) is 2.63. The molecular formula is C19H24N3O+. The number of nitrogens with one attached hydrogen (secondary N) is 1. The molecule has 0 aliphatic carbocycles. The minimum atomic E-state index is 0.289. The van der Waals surface area contributed by atoms with Gasteiger partial charge in [0.05, 0.1) is 19.3 Å². The quantitative estimate of drug-likeness (QED) is 0.849. The van der Waals surface area contributed by atoms with Crippen LogP contribution in [0.5, 0.6) is 0 Å². The smallest absolute Gasteiger partial charge is 0.274 e. The Morgan fingerprint density at radius 2 is 1.70 bits per heavy atom. The Bertz CT molecular complexity index is 607. The van der Waals surface area contributed by atoms with Crippen molar-refractivity contribution in [2.24, 2.45) is 0 Å². The van der Waals surface area contributed by atoms with Gasteiger partial charge in [-0.3, -0.25) is 9.69 Å². The number of pyridine rings is 1. The molecule has 4 heteroatoms. The molecule has 1 aliphatic heterocycles.